The highest BCUT2D eigenvalue weighted by atomic mass is 32.2. The molecule has 1 aromatic carbocycles. The molecule has 4 atom stereocenters. The van der Waals surface area contributed by atoms with Gasteiger partial charge in [0.15, 0.2) is 0 Å². The van der Waals surface area contributed by atoms with Gasteiger partial charge >= 0.3 is 5.97 Å². The minimum Gasteiger partial charge on any atom is -0.750 e. The summed E-state index contributed by atoms with van der Waals surface area (Å²) in [5, 5.41) is 0. The Labute approximate surface area is 179 Å². The molecule has 0 aliphatic heterocycles. The van der Waals surface area contributed by atoms with E-state index in [9.17, 15) is 13.6 Å². The maximum absolute atomic E-state index is 12.6. The van der Waals surface area contributed by atoms with Gasteiger partial charge < -0.3 is 9.29 Å². The third-order valence-electron chi connectivity index (χ3n) is 4.87. The molecule has 0 bridgehead atoms. The standard InChI is InChI=1S/C23H38O5S/c1-7-8-9-10-18(3)15-20(16-21(24)27-23(4,5)6)22(28-29(25)26)19-13-11-17(2)12-14-19/h11-14,18,20,22H,7-10,15-16H2,1-6H3,(H,25,26)/p-1. The van der Waals surface area contributed by atoms with Gasteiger partial charge in [-0.1, -0.05) is 69.4 Å². The first-order valence-electron chi connectivity index (χ1n) is 10.6. The molecule has 1 aromatic rings. The van der Waals surface area contributed by atoms with Crippen LogP contribution in [0, 0.1) is 18.8 Å². The van der Waals surface area contributed by atoms with Crippen LogP contribution in [0.25, 0.3) is 0 Å². The Kier molecular flexibility index (Phi) is 11.1. The fraction of sp³-hybridized carbons (Fsp3) is 0.696. The smallest absolute Gasteiger partial charge is 0.306 e. The lowest BCUT2D eigenvalue weighted by molar-refractivity contribution is -0.157. The monoisotopic (exact) mass is 425 g/mol. The summed E-state index contributed by atoms with van der Waals surface area (Å²) in [4.78, 5) is 12.6. The molecule has 1 rings (SSSR count). The van der Waals surface area contributed by atoms with Gasteiger partial charge in [-0.05, 0) is 45.6 Å². The maximum Gasteiger partial charge on any atom is 0.306 e. The zero-order valence-electron chi connectivity index (χ0n) is 18.7. The zero-order valence-corrected chi connectivity index (χ0v) is 19.6. The molecule has 0 aliphatic rings. The Balaban J connectivity index is 3.08. The van der Waals surface area contributed by atoms with Gasteiger partial charge in [-0.25, -0.2) is 4.21 Å². The van der Waals surface area contributed by atoms with Gasteiger partial charge in [0, 0.05) is 5.92 Å². The molecular formula is C23H37O5S-. The number of hydrogen-bond acceptors (Lipinski definition) is 5. The van der Waals surface area contributed by atoms with Crippen LogP contribution in [0.4, 0.5) is 0 Å². The van der Waals surface area contributed by atoms with E-state index < -0.39 is 23.1 Å². The van der Waals surface area contributed by atoms with Crippen LogP contribution >= 0.6 is 0 Å². The summed E-state index contributed by atoms with van der Waals surface area (Å²) >= 11 is -2.68. The van der Waals surface area contributed by atoms with E-state index in [0.717, 1.165) is 30.4 Å². The van der Waals surface area contributed by atoms with Crippen molar-refractivity contribution in [3.8, 4) is 0 Å². The van der Waals surface area contributed by atoms with Crippen molar-refractivity contribution >= 4 is 17.3 Å². The lowest BCUT2D eigenvalue weighted by Crippen LogP contribution is -2.28. The van der Waals surface area contributed by atoms with E-state index in [1.807, 2.05) is 52.0 Å². The Morgan fingerprint density at radius 1 is 1.17 bits per heavy atom. The normalized spacial score (nSPS) is 16.1. The molecule has 0 aliphatic carbocycles. The molecule has 29 heavy (non-hydrogen) atoms. The molecule has 0 saturated carbocycles. The molecule has 6 heteroatoms. The highest BCUT2D eigenvalue weighted by Crippen LogP contribution is 2.36. The van der Waals surface area contributed by atoms with E-state index in [0.29, 0.717) is 12.3 Å². The minimum atomic E-state index is -2.68. The van der Waals surface area contributed by atoms with Crippen molar-refractivity contribution in [2.45, 2.75) is 91.8 Å². The predicted octanol–water partition coefficient (Wildman–Crippen LogP) is 5.80. The number of carbonyl (C=O) groups excluding carboxylic acids is 1. The van der Waals surface area contributed by atoms with Crippen LogP contribution < -0.4 is 0 Å². The van der Waals surface area contributed by atoms with Crippen LogP contribution in [-0.2, 0) is 25.1 Å². The molecule has 0 spiro atoms. The molecule has 0 amide bonds. The van der Waals surface area contributed by atoms with Crippen LogP contribution in [0.3, 0.4) is 0 Å². The van der Waals surface area contributed by atoms with Crippen LogP contribution in [0.15, 0.2) is 24.3 Å². The first-order valence-corrected chi connectivity index (χ1v) is 11.6. The van der Waals surface area contributed by atoms with Crippen molar-refractivity contribution in [2.24, 2.45) is 11.8 Å². The SMILES string of the molecule is CCCCCC(C)CC(CC(=O)OC(C)(C)C)C(OS(=O)[O-])c1ccc(C)cc1. The van der Waals surface area contributed by atoms with E-state index in [1.165, 1.54) is 6.42 Å². The summed E-state index contributed by atoms with van der Waals surface area (Å²) in [6.45, 7) is 11.8. The number of rotatable bonds is 12. The van der Waals surface area contributed by atoms with Crippen molar-refractivity contribution in [3.05, 3.63) is 35.4 Å². The number of unbranched alkanes of at least 4 members (excludes halogenated alkanes) is 2. The summed E-state index contributed by atoms with van der Waals surface area (Å²) in [6.07, 6.45) is 4.58. The quantitative estimate of drug-likeness (QED) is 0.240. The first kappa shape index (κ1) is 25.8. The second-order valence-electron chi connectivity index (χ2n) is 9.02. The number of ether oxygens (including phenoxy) is 1. The number of esters is 1. The Morgan fingerprint density at radius 3 is 2.31 bits per heavy atom. The zero-order chi connectivity index (χ0) is 22.0. The van der Waals surface area contributed by atoms with Crippen molar-refractivity contribution in [3.63, 3.8) is 0 Å². The van der Waals surface area contributed by atoms with Gasteiger partial charge in [0.25, 0.3) is 0 Å². The minimum absolute atomic E-state index is 0.116. The first-order chi connectivity index (χ1) is 13.5. The highest BCUT2D eigenvalue weighted by Gasteiger charge is 2.30. The Morgan fingerprint density at radius 2 is 1.79 bits per heavy atom. The molecule has 0 aromatic heterocycles. The van der Waals surface area contributed by atoms with Gasteiger partial charge in [-0.15, -0.1) is 0 Å². The van der Waals surface area contributed by atoms with E-state index in [-0.39, 0.29) is 18.3 Å². The molecule has 0 heterocycles. The van der Waals surface area contributed by atoms with Gasteiger partial charge in [-0.3, -0.25) is 8.98 Å². The molecular weight excluding hydrogens is 388 g/mol. The van der Waals surface area contributed by atoms with E-state index in [2.05, 4.69) is 13.8 Å². The Hall–Kier alpha value is -1.24. The lowest BCUT2D eigenvalue weighted by atomic mass is 9.83. The summed E-state index contributed by atoms with van der Waals surface area (Å²) in [5.41, 5.74) is 1.25. The Bertz CT molecular complexity index is 636. The third-order valence-corrected chi connectivity index (χ3v) is 5.24. The molecule has 0 fully saturated rings. The van der Waals surface area contributed by atoms with Gasteiger partial charge in [0.1, 0.15) is 11.7 Å². The number of aryl methyl sites for hydroxylation is 1. The van der Waals surface area contributed by atoms with E-state index in [1.54, 1.807) is 0 Å². The third kappa shape index (κ3) is 10.9. The lowest BCUT2D eigenvalue weighted by Gasteiger charge is -2.30. The number of benzene rings is 1. The highest BCUT2D eigenvalue weighted by molar-refractivity contribution is 7.74. The maximum atomic E-state index is 12.6. The van der Waals surface area contributed by atoms with Crippen LogP contribution in [-0.4, -0.2) is 20.3 Å². The molecule has 0 saturated heterocycles. The molecule has 4 unspecified atom stereocenters. The topological polar surface area (TPSA) is 75.7 Å². The van der Waals surface area contributed by atoms with Crippen LogP contribution in [0.2, 0.25) is 0 Å². The van der Waals surface area contributed by atoms with Crippen molar-refractivity contribution < 1.29 is 22.5 Å². The molecule has 5 nitrogen and oxygen atoms in total. The largest absolute Gasteiger partial charge is 0.750 e. The van der Waals surface area contributed by atoms with Gasteiger partial charge in [0.2, 0.25) is 0 Å². The van der Waals surface area contributed by atoms with Crippen molar-refractivity contribution in [2.75, 3.05) is 0 Å². The molecule has 166 valence electrons. The van der Waals surface area contributed by atoms with Gasteiger partial charge in [0.05, 0.1) is 17.8 Å². The summed E-state index contributed by atoms with van der Waals surface area (Å²) in [5.74, 6) is -0.270. The average molecular weight is 426 g/mol. The van der Waals surface area contributed by atoms with Crippen LogP contribution in [0.5, 0.6) is 0 Å². The average Bonchev–Trinajstić information content (AvgIpc) is 2.58. The predicted molar refractivity (Wildman–Crippen MR) is 116 cm³/mol. The summed E-state index contributed by atoms with van der Waals surface area (Å²) in [7, 11) is 0. The second kappa shape index (κ2) is 12.5. The fourth-order valence-electron chi connectivity index (χ4n) is 3.54. The summed E-state index contributed by atoms with van der Waals surface area (Å²) in [6, 6.07) is 7.59. The molecule has 0 radical (unpaired) electrons. The van der Waals surface area contributed by atoms with Crippen molar-refractivity contribution in [1.29, 1.82) is 0 Å². The van der Waals surface area contributed by atoms with Crippen LogP contribution in [0.1, 0.15) is 90.4 Å². The van der Waals surface area contributed by atoms with E-state index >= 15 is 0 Å². The summed E-state index contributed by atoms with van der Waals surface area (Å²) < 4.78 is 33.7. The fourth-order valence-corrected chi connectivity index (χ4v) is 3.97. The molecule has 0 N–H and O–H groups in total. The second-order valence-corrected chi connectivity index (χ2v) is 9.62. The van der Waals surface area contributed by atoms with Crippen molar-refractivity contribution in [1.82, 2.24) is 0 Å². The number of carbonyl (C=O) groups is 1. The van der Waals surface area contributed by atoms with Gasteiger partial charge in [-0.2, -0.15) is 0 Å². The van der Waals surface area contributed by atoms with E-state index in [4.69, 9.17) is 8.92 Å². The number of hydrogen-bond donors (Lipinski definition) is 0.